The third-order valence-electron chi connectivity index (χ3n) is 4.45. The Balaban J connectivity index is 2.09. The van der Waals surface area contributed by atoms with Crippen molar-refractivity contribution in [2.75, 3.05) is 20.8 Å². The van der Waals surface area contributed by atoms with Gasteiger partial charge in [-0.15, -0.1) is 6.58 Å². The van der Waals surface area contributed by atoms with E-state index in [9.17, 15) is 9.90 Å². The number of aliphatic hydroxyl groups excluding tert-OH is 1. The molecule has 0 unspecified atom stereocenters. The Morgan fingerprint density at radius 2 is 1.57 bits per heavy atom. The molecule has 0 aromatic heterocycles. The van der Waals surface area contributed by atoms with Crippen molar-refractivity contribution in [2.24, 2.45) is 0 Å². The van der Waals surface area contributed by atoms with Crippen LogP contribution in [0.15, 0.2) is 61.2 Å². The molecule has 3 atom stereocenters. The molecule has 0 fully saturated rings. The monoisotopic (exact) mass is 415 g/mol. The van der Waals surface area contributed by atoms with Crippen LogP contribution < -0.4 is 19.5 Å². The Hall–Kier alpha value is -3.03. The molecular weight excluding hydrogens is 386 g/mol. The highest BCUT2D eigenvalue weighted by Gasteiger charge is 2.29. The predicted molar refractivity (Wildman–Crippen MR) is 114 cm³/mol. The number of benzene rings is 2. The van der Waals surface area contributed by atoms with E-state index in [0.29, 0.717) is 11.5 Å². The molecule has 0 aliphatic heterocycles. The number of hydrogen-bond acceptors (Lipinski definition) is 6. The van der Waals surface area contributed by atoms with Gasteiger partial charge in [-0.1, -0.05) is 18.2 Å². The van der Waals surface area contributed by atoms with Gasteiger partial charge in [0, 0.05) is 6.92 Å². The van der Waals surface area contributed by atoms with E-state index < -0.39 is 18.2 Å². The number of rotatable bonds is 12. The fraction of sp³-hybridized carbons (Fsp3) is 0.348. The summed E-state index contributed by atoms with van der Waals surface area (Å²) in [6, 6.07) is 13.9. The minimum atomic E-state index is -1.00. The van der Waals surface area contributed by atoms with E-state index >= 15 is 0 Å². The number of ether oxygens (including phenoxy) is 4. The summed E-state index contributed by atoms with van der Waals surface area (Å²) in [7, 11) is 3.19. The molecule has 7 heteroatoms. The summed E-state index contributed by atoms with van der Waals surface area (Å²) in [5.74, 6) is 1.80. The van der Waals surface area contributed by atoms with Gasteiger partial charge in [-0.2, -0.15) is 0 Å². The van der Waals surface area contributed by atoms with Gasteiger partial charge >= 0.3 is 0 Å². The summed E-state index contributed by atoms with van der Waals surface area (Å²) >= 11 is 0. The molecule has 0 aliphatic carbocycles. The summed E-state index contributed by atoms with van der Waals surface area (Å²) in [5.41, 5.74) is 0.898. The second kappa shape index (κ2) is 11.8. The average molecular weight is 415 g/mol. The van der Waals surface area contributed by atoms with Crippen molar-refractivity contribution in [3.8, 4) is 17.2 Å². The summed E-state index contributed by atoms with van der Waals surface area (Å²) in [6.07, 6.45) is -0.382. The number of hydrogen-bond donors (Lipinski definition) is 2. The molecule has 0 radical (unpaired) electrons. The zero-order valence-electron chi connectivity index (χ0n) is 17.5. The molecule has 0 saturated heterocycles. The smallest absolute Gasteiger partial charge is 0.217 e. The Morgan fingerprint density at radius 1 is 1.03 bits per heavy atom. The molecule has 2 aromatic carbocycles. The van der Waals surface area contributed by atoms with Crippen LogP contribution in [-0.2, 0) is 16.1 Å². The van der Waals surface area contributed by atoms with Crippen LogP contribution in [0, 0.1) is 0 Å². The molecule has 0 spiro atoms. The maximum atomic E-state index is 11.7. The molecule has 162 valence electrons. The zero-order valence-corrected chi connectivity index (χ0v) is 17.5. The first-order valence-corrected chi connectivity index (χ1v) is 9.56. The number of amides is 1. The van der Waals surface area contributed by atoms with E-state index in [4.69, 9.17) is 18.9 Å². The van der Waals surface area contributed by atoms with E-state index in [2.05, 4.69) is 11.9 Å². The lowest BCUT2D eigenvalue weighted by molar-refractivity contribution is -0.123. The molecular formula is C23H29NO6. The molecule has 1 amide bonds. The van der Waals surface area contributed by atoms with Gasteiger partial charge in [-0.25, -0.2) is 0 Å². The Kier molecular flexibility index (Phi) is 9.18. The predicted octanol–water partition coefficient (Wildman–Crippen LogP) is 2.72. The SMILES string of the molecule is C=C[C@H](O)[C@@H](OCc1ccc(OC)cc1)[C@@H](COc1ccc(OC)cc1)NC(C)=O. The number of methoxy groups -OCH3 is 2. The van der Waals surface area contributed by atoms with Crippen LogP contribution in [-0.4, -0.2) is 50.1 Å². The van der Waals surface area contributed by atoms with E-state index in [1.54, 1.807) is 38.5 Å². The molecule has 30 heavy (non-hydrogen) atoms. The molecule has 2 N–H and O–H groups in total. The van der Waals surface area contributed by atoms with Crippen LogP contribution in [0.3, 0.4) is 0 Å². The van der Waals surface area contributed by atoms with Crippen LogP contribution in [0.4, 0.5) is 0 Å². The van der Waals surface area contributed by atoms with Crippen molar-refractivity contribution in [2.45, 2.75) is 31.8 Å². The molecule has 0 saturated carbocycles. The standard InChI is InChI=1S/C23H29NO6/c1-5-22(26)23(30-14-17-6-8-18(27-3)9-7-17)21(24-16(2)25)15-29-20-12-10-19(28-4)11-13-20/h5-13,21-23,26H,1,14-15H2,2-4H3,(H,24,25)/t21-,22+,23+/m1/s1. The lowest BCUT2D eigenvalue weighted by atomic mass is 10.1. The molecule has 2 aromatic rings. The fourth-order valence-corrected chi connectivity index (χ4v) is 2.84. The number of carbonyl (C=O) groups excluding carboxylic acids is 1. The molecule has 7 nitrogen and oxygen atoms in total. The minimum absolute atomic E-state index is 0.101. The molecule has 0 bridgehead atoms. The Bertz CT molecular complexity index is 790. The van der Waals surface area contributed by atoms with Gasteiger partial charge in [-0.3, -0.25) is 4.79 Å². The van der Waals surface area contributed by atoms with Gasteiger partial charge in [-0.05, 0) is 42.0 Å². The molecule has 0 aliphatic rings. The normalized spacial score (nSPS) is 13.6. The summed E-state index contributed by atoms with van der Waals surface area (Å²) in [6.45, 7) is 5.38. The second-order valence-electron chi connectivity index (χ2n) is 6.64. The Labute approximate surface area is 177 Å². The van der Waals surface area contributed by atoms with Gasteiger partial charge in [0.15, 0.2) is 0 Å². The largest absolute Gasteiger partial charge is 0.497 e. The van der Waals surface area contributed by atoms with Gasteiger partial charge in [0.25, 0.3) is 0 Å². The van der Waals surface area contributed by atoms with Gasteiger partial charge in [0.05, 0.1) is 26.9 Å². The highest BCUT2D eigenvalue weighted by atomic mass is 16.5. The van der Waals surface area contributed by atoms with Crippen molar-refractivity contribution in [3.63, 3.8) is 0 Å². The van der Waals surface area contributed by atoms with Crippen molar-refractivity contribution in [1.82, 2.24) is 5.32 Å². The summed E-state index contributed by atoms with van der Waals surface area (Å²) in [5, 5.41) is 13.2. The van der Waals surface area contributed by atoms with Gasteiger partial charge in [0.1, 0.15) is 36.1 Å². The maximum absolute atomic E-state index is 11.7. The fourth-order valence-electron chi connectivity index (χ4n) is 2.84. The van der Waals surface area contributed by atoms with Gasteiger partial charge in [0.2, 0.25) is 5.91 Å². The molecule has 2 rings (SSSR count). The average Bonchev–Trinajstić information content (AvgIpc) is 2.77. The van der Waals surface area contributed by atoms with E-state index in [1.807, 2.05) is 24.3 Å². The highest BCUT2D eigenvalue weighted by Crippen LogP contribution is 2.19. The number of nitrogens with one attached hydrogen (secondary N) is 1. The zero-order chi connectivity index (χ0) is 21.9. The first-order valence-electron chi connectivity index (χ1n) is 9.56. The second-order valence-corrected chi connectivity index (χ2v) is 6.64. The first-order chi connectivity index (χ1) is 14.5. The van der Waals surface area contributed by atoms with Crippen LogP contribution in [0.1, 0.15) is 12.5 Å². The summed E-state index contributed by atoms with van der Waals surface area (Å²) < 4.78 is 22.1. The van der Waals surface area contributed by atoms with Gasteiger partial charge < -0.3 is 29.4 Å². The highest BCUT2D eigenvalue weighted by molar-refractivity contribution is 5.73. The lowest BCUT2D eigenvalue weighted by Gasteiger charge is -2.30. The van der Waals surface area contributed by atoms with E-state index in [0.717, 1.165) is 11.3 Å². The van der Waals surface area contributed by atoms with Crippen molar-refractivity contribution in [3.05, 3.63) is 66.7 Å². The third-order valence-corrected chi connectivity index (χ3v) is 4.45. The maximum Gasteiger partial charge on any atom is 0.217 e. The van der Waals surface area contributed by atoms with Crippen molar-refractivity contribution < 1.29 is 28.8 Å². The lowest BCUT2D eigenvalue weighted by Crippen LogP contribution is -2.52. The number of aliphatic hydroxyl groups is 1. The van der Waals surface area contributed by atoms with Crippen LogP contribution in [0.2, 0.25) is 0 Å². The third kappa shape index (κ3) is 7.09. The van der Waals surface area contributed by atoms with Crippen molar-refractivity contribution >= 4 is 5.91 Å². The van der Waals surface area contributed by atoms with E-state index in [1.165, 1.54) is 13.0 Å². The molecule has 0 heterocycles. The van der Waals surface area contributed by atoms with Crippen LogP contribution in [0.5, 0.6) is 17.2 Å². The minimum Gasteiger partial charge on any atom is -0.497 e. The number of carbonyl (C=O) groups is 1. The summed E-state index contributed by atoms with van der Waals surface area (Å²) in [4.78, 5) is 11.7. The van der Waals surface area contributed by atoms with Crippen LogP contribution >= 0.6 is 0 Å². The quantitative estimate of drug-likeness (QED) is 0.519. The van der Waals surface area contributed by atoms with E-state index in [-0.39, 0.29) is 19.1 Å². The van der Waals surface area contributed by atoms with Crippen molar-refractivity contribution in [1.29, 1.82) is 0 Å². The topological polar surface area (TPSA) is 86.2 Å². The van der Waals surface area contributed by atoms with Crippen LogP contribution in [0.25, 0.3) is 0 Å². The first kappa shape index (κ1) is 23.3. The Morgan fingerprint density at radius 3 is 2.07 bits per heavy atom.